The Bertz CT molecular complexity index is 899. The quantitative estimate of drug-likeness (QED) is 0.191. The van der Waals surface area contributed by atoms with Crippen molar-refractivity contribution < 1.29 is 48.0 Å². The zero-order valence-corrected chi connectivity index (χ0v) is 22.4. The van der Waals surface area contributed by atoms with Crippen molar-refractivity contribution in [1.29, 1.82) is 0 Å². The average molecular weight is 526 g/mol. The van der Waals surface area contributed by atoms with Crippen LogP contribution in [-0.2, 0) is 30.2 Å². The largest absolute Gasteiger partial charge is 0.513 e. The van der Waals surface area contributed by atoms with Crippen LogP contribution in [0.1, 0.15) is 59.9 Å². The number of carbonyl (C=O) groups is 4. The molecule has 0 aliphatic carbocycles. The Balaban J connectivity index is 3.00. The number of carbonyl (C=O) groups excluding carboxylic acids is 3. The van der Waals surface area contributed by atoms with E-state index in [-0.39, 0.29) is 37.7 Å². The Morgan fingerprint density at radius 2 is 1.41 bits per heavy atom. The summed E-state index contributed by atoms with van der Waals surface area (Å²) in [6.45, 7) is 11.3. The minimum absolute atomic E-state index is 0.00000331. The molecule has 2 N–H and O–H groups in total. The van der Waals surface area contributed by atoms with Crippen LogP contribution in [0, 0.1) is 11.8 Å². The van der Waals surface area contributed by atoms with Crippen LogP contribution >= 0.6 is 0 Å². The lowest BCUT2D eigenvalue weighted by atomic mass is 10.0. The molecule has 11 heteroatoms. The second kappa shape index (κ2) is 16.4. The topological polar surface area (TPSA) is 147 Å². The summed E-state index contributed by atoms with van der Waals surface area (Å²) in [7, 11) is 0. The predicted octanol–water partition coefficient (Wildman–Crippen LogP) is 4.35. The van der Waals surface area contributed by atoms with Crippen LogP contribution in [0.5, 0.6) is 11.5 Å². The first kappa shape index (κ1) is 31.7. The monoisotopic (exact) mass is 525 g/mol. The van der Waals surface area contributed by atoms with E-state index in [2.05, 4.69) is 5.32 Å². The number of hydrogen-bond donors (Lipinski definition) is 2. The van der Waals surface area contributed by atoms with E-state index >= 15 is 0 Å². The van der Waals surface area contributed by atoms with Gasteiger partial charge < -0.3 is 34.1 Å². The van der Waals surface area contributed by atoms with Gasteiger partial charge in [-0.15, -0.1) is 0 Å². The number of nitrogens with one attached hydrogen (secondary N) is 1. The highest BCUT2D eigenvalue weighted by Crippen LogP contribution is 2.30. The Kier molecular flexibility index (Phi) is 14.1. The van der Waals surface area contributed by atoms with Crippen molar-refractivity contribution in [2.75, 3.05) is 19.8 Å². The Morgan fingerprint density at radius 1 is 0.865 bits per heavy atom. The van der Waals surface area contributed by atoms with Crippen LogP contribution in [0.15, 0.2) is 18.2 Å². The lowest BCUT2D eigenvalue weighted by Gasteiger charge is -2.19. The first-order valence-electron chi connectivity index (χ1n) is 12.3. The van der Waals surface area contributed by atoms with Crippen LogP contribution in [0.3, 0.4) is 0 Å². The van der Waals surface area contributed by atoms with Gasteiger partial charge in [-0.1, -0.05) is 33.8 Å². The standard InChI is InChI=1S/C26H39NO10/c1-16(2)9-11-33-25(31)36-22-8-7-20(14-23(22)37-26(32)34-12-10-17(3)4)13-21(24(29)30)27-15-18(5)35-19(6)28/h7-8,14,16-18,21,27H,9-13,15H2,1-6H3,(H,29,30)/t18?,21-/m0/s1. The fraction of sp³-hybridized carbons (Fsp3) is 0.615. The number of carboxylic acids is 1. The van der Waals surface area contributed by atoms with Crippen molar-refractivity contribution in [2.45, 2.75) is 73.0 Å². The van der Waals surface area contributed by atoms with Gasteiger partial charge in [0.25, 0.3) is 0 Å². The normalized spacial score (nSPS) is 12.5. The van der Waals surface area contributed by atoms with Gasteiger partial charge in [-0.2, -0.15) is 0 Å². The molecule has 1 rings (SSSR count). The van der Waals surface area contributed by atoms with Gasteiger partial charge in [0.15, 0.2) is 11.5 Å². The fourth-order valence-electron chi connectivity index (χ4n) is 2.95. The molecule has 0 saturated heterocycles. The predicted molar refractivity (Wildman–Crippen MR) is 134 cm³/mol. The van der Waals surface area contributed by atoms with Crippen LogP contribution in [0.2, 0.25) is 0 Å². The summed E-state index contributed by atoms with van der Waals surface area (Å²) >= 11 is 0. The minimum Gasteiger partial charge on any atom is -0.480 e. The van der Waals surface area contributed by atoms with Crippen LogP contribution < -0.4 is 14.8 Å². The number of benzene rings is 1. The molecule has 1 aromatic rings. The fourth-order valence-corrected chi connectivity index (χ4v) is 2.95. The Hall–Kier alpha value is -3.34. The molecule has 0 aliphatic heterocycles. The maximum atomic E-state index is 12.2. The van der Waals surface area contributed by atoms with Gasteiger partial charge in [0.2, 0.25) is 0 Å². The van der Waals surface area contributed by atoms with Gasteiger partial charge in [0.1, 0.15) is 12.1 Å². The van der Waals surface area contributed by atoms with Gasteiger partial charge in [-0.25, -0.2) is 9.59 Å². The molecule has 11 nitrogen and oxygen atoms in total. The summed E-state index contributed by atoms with van der Waals surface area (Å²) in [5, 5.41) is 12.5. The van der Waals surface area contributed by atoms with Gasteiger partial charge in [-0.05, 0) is 55.7 Å². The molecule has 0 heterocycles. The smallest absolute Gasteiger partial charge is 0.480 e. The van der Waals surface area contributed by atoms with Gasteiger partial charge in [0.05, 0.1) is 13.2 Å². The van der Waals surface area contributed by atoms with E-state index in [1.165, 1.54) is 19.1 Å². The van der Waals surface area contributed by atoms with E-state index in [9.17, 15) is 24.3 Å². The first-order valence-corrected chi connectivity index (χ1v) is 12.3. The Morgan fingerprint density at radius 3 is 1.89 bits per heavy atom. The number of esters is 1. The first-order chi connectivity index (χ1) is 17.4. The summed E-state index contributed by atoms with van der Waals surface area (Å²) in [6, 6.07) is 3.29. The van der Waals surface area contributed by atoms with E-state index in [1.807, 2.05) is 27.7 Å². The maximum absolute atomic E-state index is 12.2. The number of aliphatic carboxylic acids is 1. The molecule has 0 spiro atoms. The van der Waals surface area contributed by atoms with E-state index in [0.717, 1.165) is 0 Å². The van der Waals surface area contributed by atoms with Crippen LogP contribution in [0.25, 0.3) is 0 Å². The van der Waals surface area contributed by atoms with Crippen LogP contribution in [0.4, 0.5) is 9.59 Å². The Labute approximate surface area is 217 Å². The summed E-state index contributed by atoms with van der Waals surface area (Å²) in [4.78, 5) is 47.2. The zero-order chi connectivity index (χ0) is 28.0. The third kappa shape index (κ3) is 14.1. The maximum Gasteiger partial charge on any atom is 0.513 e. The zero-order valence-electron chi connectivity index (χ0n) is 22.4. The average Bonchev–Trinajstić information content (AvgIpc) is 2.77. The highest BCUT2D eigenvalue weighted by Gasteiger charge is 2.22. The molecule has 0 saturated carbocycles. The van der Waals surface area contributed by atoms with Crippen molar-refractivity contribution in [3.05, 3.63) is 23.8 Å². The second-order valence-electron chi connectivity index (χ2n) is 9.47. The van der Waals surface area contributed by atoms with Crippen molar-refractivity contribution in [3.8, 4) is 11.5 Å². The second-order valence-corrected chi connectivity index (χ2v) is 9.47. The van der Waals surface area contributed by atoms with Gasteiger partial charge in [0, 0.05) is 13.5 Å². The summed E-state index contributed by atoms with van der Waals surface area (Å²) in [5.74, 6) is -1.15. The van der Waals surface area contributed by atoms with E-state index < -0.39 is 36.4 Å². The van der Waals surface area contributed by atoms with Crippen molar-refractivity contribution in [3.63, 3.8) is 0 Å². The lowest BCUT2D eigenvalue weighted by molar-refractivity contribution is -0.145. The molecule has 208 valence electrons. The highest BCUT2D eigenvalue weighted by molar-refractivity contribution is 5.74. The molecule has 2 atom stereocenters. The van der Waals surface area contributed by atoms with Gasteiger partial charge >= 0.3 is 24.2 Å². The van der Waals surface area contributed by atoms with Crippen molar-refractivity contribution >= 4 is 24.2 Å². The molecule has 0 fully saturated rings. The number of ether oxygens (including phenoxy) is 5. The molecule has 37 heavy (non-hydrogen) atoms. The number of carboxylic acid groups (broad SMARTS) is 1. The third-order valence-electron chi connectivity index (χ3n) is 4.98. The SMILES string of the molecule is CC(=O)OC(C)CN[C@@H](Cc1ccc(OC(=O)OCCC(C)C)c(OC(=O)OCCC(C)C)c1)C(=O)O. The van der Waals surface area contributed by atoms with E-state index in [0.29, 0.717) is 30.2 Å². The molecular weight excluding hydrogens is 486 g/mol. The number of rotatable bonds is 15. The third-order valence-corrected chi connectivity index (χ3v) is 4.98. The molecular formula is C26H39NO10. The molecule has 1 aromatic carbocycles. The molecule has 0 aliphatic rings. The summed E-state index contributed by atoms with van der Waals surface area (Å²) in [6.07, 6.45) is -1.19. The lowest BCUT2D eigenvalue weighted by Crippen LogP contribution is -2.42. The van der Waals surface area contributed by atoms with Gasteiger partial charge in [-0.3, -0.25) is 9.59 Å². The molecule has 0 amide bonds. The van der Waals surface area contributed by atoms with Crippen molar-refractivity contribution in [2.24, 2.45) is 11.8 Å². The molecule has 0 radical (unpaired) electrons. The highest BCUT2D eigenvalue weighted by atomic mass is 16.7. The molecule has 1 unspecified atom stereocenters. The molecule has 0 aromatic heterocycles. The minimum atomic E-state index is -1.13. The van der Waals surface area contributed by atoms with E-state index in [1.54, 1.807) is 13.0 Å². The summed E-state index contributed by atoms with van der Waals surface area (Å²) in [5.41, 5.74) is 0.477. The number of hydrogen-bond acceptors (Lipinski definition) is 10. The van der Waals surface area contributed by atoms with E-state index in [4.69, 9.17) is 23.7 Å². The van der Waals surface area contributed by atoms with Crippen LogP contribution in [-0.4, -0.2) is 61.3 Å². The summed E-state index contributed by atoms with van der Waals surface area (Å²) < 4.78 is 25.6. The molecule has 0 bridgehead atoms. The van der Waals surface area contributed by atoms with Crippen molar-refractivity contribution in [1.82, 2.24) is 5.32 Å².